The molecule has 7 nitrogen and oxygen atoms in total. The van der Waals surface area contributed by atoms with Crippen molar-refractivity contribution in [1.29, 1.82) is 0 Å². The van der Waals surface area contributed by atoms with Crippen LogP contribution in [0.15, 0.2) is 88.8 Å². The van der Waals surface area contributed by atoms with Crippen LogP contribution in [0.5, 0.6) is 0 Å². The lowest BCUT2D eigenvalue weighted by molar-refractivity contribution is 0.630. The van der Waals surface area contributed by atoms with E-state index in [1.807, 2.05) is 96.0 Å². The number of hydrogen-bond acceptors (Lipinski definition) is 6. The van der Waals surface area contributed by atoms with E-state index in [1.165, 1.54) is 11.8 Å². The number of aromatic nitrogens is 6. The Morgan fingerprint density at radius 2 is 1.68 bits per heavy atom. The van der Waals surface area contributed by atoms with E-state index in [1.54, 1.807) is 16.0 Å². The average molecular weight is 545 g/mol. The first kappa shape index (κ1) is 23.7. The summed E-state index contributed by atoms with van der Waals surface area (Å²) in [6, 6.07) is 25.1. The molecule has 0 unspecified atom stereocenters. The van der Waals surface area contributed by atoms with Crippen LogP contribution in [0.2, 0.25) is 5.02 Å². The molecule has 0 bridgehead atoms. The third-order valence-corrected chi connectivity index (χ3v) is 8.65. The fourth-order valence-corrected chi connectivity index (χ4v) is 6.42. The van der Waals surface area contributed by atoms with Gasteiger partial charge in [-0.15, -0.1) is 21.5 Å². The first-order valence-electron chi connectivity index (χ1n) is 11.5. The van der Waals surface area contributed by atoms with Gasteiger partial charge in [0.25, 0.3) is 5.56 Å². The molecule has 37 heavy (non-hydrogen) atoms. The number of thioether (sulfide) groups is 1. The van der Waals surface area contributed by atoms with Crippen LogP contribution in [0.4, 0.5) is 0 Å². The van der Waals surface area contributed by atoms with Crippen molar-refractivity contribution in [3.63, 3.8) is 0 Å². The quantitative estimate of drug-likeness (QED) is 0.230. The number of nitrogens with zero attached hydrogens (tertiary/aromatic N) is 6. The van der Waals surface area contributed by atoms with Gasteiger partial charge in [0.05, 0.1) is 32.4 Å². The van der Waals surface area contributed by atoms with Crippen molar-refractivity contribution in [3.8, 4) is 22.8 Å². The van der Waals surface area contributed by atoms with Crippen molar-refractivity contribution in [3.05, 3.63) is 105 Å². The second-order valence-electron chi connectivity index (χ2n) is 8.40. The number of benzene rings is 3. The highest BCUT2D eigenvalue weighted by Crippen LogP contribution is 2.34. The molecule has 3 aromatic carbocycles. The molecule has 0 fully saturated rings. The normalized spacial score (nSPS) is 11.4. The molecule has 0 aliphatic carbocycles. The van der Waals surface area contributed by atoms with Gasteiger partial charge in [-0.05, 0) is 43.3 Å². The SMILES string of the molecule is Cc1c(-n2c(SCc3nc4ccccc4s3)nnc2-c2ccccc2Cl)c(=O)n(-c2ccccc2)n1C. The summed E-state index contributed by atoms with van der Waals surface area (Å²) < 4.78 is 6.48. The van der Waals surface area contributed by atoms with Crippen LogP contribution < -0.4 is 5.56 Å². The Bertz CT molecular complexity index is 1770. The third kappa shape index (κ3) is 4.19. The van der Waals surface area contributed by atoms with Crippen molar-refractivity contribution in [2.45, 2.75) is 17.8 Å². The molecule has 184 valence electrons. The molecule has 0 aliphatic rings. The smallest absolute Gasteiger partial charge is 0.283 e. The summed E-state index contributed by atoms with van der Waals surface area (Å²) in [6.45, 7) is 1.93. The van der Waals surface area contributed by atoms with Crippen LogP contribution in [0, 0.1) is 6.92 Å². The highest BCUT2D eigenvalue weighted by Gasteiger charge is 2.26. The van der Waals surface area contributed by atoms with Crippen molar-refractivity contribution in [2.75, 3.05) is 0 Å². The largest absolute Gasteiger partial charge is 0.296 e. The van der Waals surface area contributed by atoms with Gasteiger partial charge in [-0.2, -0.15) is 0 Å². The van der Waals surface area contributed by atoms with Gasteiger partial charge in [0, 0.05) is 12.6 Å². The molecule has 0 radical (unpaired) electrons. The van der Waals surface area contributed by atoms with Crippen LogP contribution in [0.3, 0.4) is 0 Å². The number of halogens is 1. The first-order valence-corrected chi connectivity index (χ1v) is 13.7. The summed E-state index contributed by atoms with van der Waals surface area (Å²) in [5, 5.41) is 11.1. The molecule has 6 rings (SSSR count). The van der Waals surface area contributed by atoms with E-state index in [9.17, 15) is 4.79 Å². The number of fused-ring (bicyclic) bond motifs is 1. The minimum Gasteiger partial charge on any atom is -0.283 e. The number of hydrogen-bond donors (Lipinski definition) is 0. The Morgan fingerprint density at radius 1 is 0.946 bits per heavy atom. The maximum absolute atomic E-state index is 13.9. The number of rotatable bonds is 6. The average Bonchev–Trinajstić information content (AvgIpc) is 3.57. The maximum atomic E-state index is 13.9. The van der Waals surface area contributed by atoms with E-state index in [-0.39, 0.29) is 5.56 Å². The topological polar surface area (TPSA) is 70.5 Å². The first-order chi connectivity index (χ1) is 18.0. The fraction of sp³-hybridized carbons (Fsp3) is 0.111. The minimum atomic E-state index is -0.166. The summed E-state index contributed by atoms with van der Waals surface area (Å²) in [6.07, 6.45) is 0. The molecule has 0 N–H and O–H groups in total. The van der Waals surface area contributed by atoms with E-state index in [0.717, 1.165) is 26.6 Å². The van der Waals surface area contributed by atoms with E-state index < -0.39 is 0 Å². The number of para-hydroxylation sites is 2. The van der Waals surface area contributed by atoms with Gasteiger partial charge < -0.3 is 0 Å². The molecule has 10 heteroatoms. The van der Waals surface area contributed by atoms with Gasteiger partial charge in [0.1, 0.15) is 10.7 Å². The van der Waals surface area contributed by atoms with Gasteiger partial charge in [-0.3, -0.25) is 14.0 Å². The molecule has 6 aromatic rings. The molecular formula is C27H21ClN6OS2. The Kier molecular flexibility index (Phi) is 6.19. The molecule has 0 spiro atoms. The molecule has 0 saturated carbocycles. The van der Waals surface area contributed by atoms with E-state index in [2.05, 4.69) is 16.3 Å². The Balaban J connectivity index is 1.50. The zero-order chi connectivity index (χ0) is 25.5. The highest BCUT2D eigenvalue weighted by atomic mass is 35.5. The van der Waals surface area contributed by atoms with E-state index >= 15 is 0 Å². The van der Waals surface area contributed by atoms with Crippen molar-refractivity contribution in [1.82, 2.24) is 29.1 Å². The molecule has 3 aromatic heterocycles. The highest BCUT2D eigenvalue weighted by molar-refractivity contribution is 7.98. The maximum Gasteiger partial charge on any atom is 0.296 e. The second kappa shape index (κ2) is 9.66. The lowest BCUT2D eigenvalue weighted by atomic mass is 10.2. The van der Waals surface area contributed by atoms with Crippen LogP contribution in [0.25, 0.3) is 33.0 Å². The number of thiazole rings is 1. The third-order valence-electron chi connectivity index (χ3n) is 6.16. The predicted molar refractivity (Wildman–Crippen MR) is 150 cm³/mol. The van der Waals surface area contributed by atoms with Gasteiger partial charge in [0.2, 0.25) is 0 Å². The Labute approximate surface area is 226 Å². The fourth-order valence-electron chi connectivity index (χ4n) is 4.30. The van der Waals surface area contributed by atoms with Crippen LogP contribution in [-0.2, 0) is 12.8 Å². The molecule has 3 heterocycles. The van der Waals surface area contributed by atoms with Crippen LogP contribution in [-0.4, -0.2) is 29.1 Å². The van der Waals surface area contributed by atoms with Crippen LogP contribution >= 0.6 is 34.7 Å². The molecule has 0 aliphatic heterocycles. The zero-order valence-electron chi connectivity index (χ0n) is 20.0. The summed E-state index contributed by atoms with van der Waals surface area (Å²) in [5.74, 6) is 1.11. The van der Waals surface area contributed by atoms with Gasteiger partial charge in [-0.1, -0.05) is 65.8 Å². The van der Waals surface area contributed by atoms with Gasteiger partial charge >= 0.3 is 0 Å². The molecule has 0 atom stereocenters. The van der Waals surface area contributed by atoms with Crippen molar-refractivity contribution >= 4 is 44.9 Å². The van der Waals surface area contributed by atoms with Crippen LogP contribution in [0.1, 0.15) is 10.7 Å². The predicted octanol–water partition coefficient (Wildman–Crippen LogP) is 6.29. The van der Waals surface area contributed by atoms with Crippen molar-refractivity contribution < 1.29 is 0 Å². The lowest BCUT2D eigenvalue weighted by Gasteiger charge is -2.10. The summed E-state index contributed by atoms with van der Waals surface area (Å²) in [5.41, 5.74) is 3.56. The Morgan fingerprint density at radius 3 is 2.46 bits per heavy atom. The van der Waals surface area contributed by atoms with E-state index in [0.29, 0.717) is 33.0 Å². The minimum absolute atomic E-state index is 0.166. The second-order valence-corrected chi connectivity index (χ2v) is 10.9. The lowest BCUT2D eigenvalue weighted by Crippen LogP contribution is -2.21. The zero-order valence-corrected chi connectivity index (χ0v) is 22.4. The summed E-state index contributed by atoms with van der Waals surface area (Å²) in [4.78, 5) is 18.7. The van der Waals surface area contributed by atoms with Gasteiger partial charge in [-0.25, -0.2) is 9.67 Å². The summed E-state index contributed by atoms with van der Waals surface area (Å²) >= 11 is 9.72. The standard InChI is InChI=1S/C27H21ClN6OS2/c1-17-24(26(35)34(32(17)2)18-10-4-3-5-11-18)33-25(19-12-6-7-13-20(19)28)30-31-27(33)36-16-23-29-21-14-8-9-15-22(21)37-23/h3-15H,16H2,1-2H3. The van der Waals surface area contributed by atoms with E-state index in [4.69, 9.17) is 16.6 Å². The van der Waals surface area contributed by atoms with Gasteiger partial charge in [0.15, 0.2) is 11.0 Å². The molecule has 0 saturated heterocycles. The molecule has 0 amide bonds. The summed E-state index contributed by atoms with van der Waals surface area (Å²) in [7, 11) is 1.88. The molecular weight excluding hydrogens is 524 g/mol. The van der Waals surface area contributed by atoms with Crippen molar-refractivity contribution in [2.24, 2.45) is 7.05 Å². The Hall–Kier alpha value is -3.66. The monoisotopic (exact) mass is 544 g/mol.